The lowest BCUT2D eigenvalue weighted by molar-refractivity contribution is 0.195. The maximum absolute atomic E-state index is 11.5. The number of hydrogen-bond donors (Lipinski definition) is 1. The third kappa shape index (κ3) is 4.35. The van der Waals surface area contributed by atoms with E-state index < -0.39 is 8.07 Å². The molecule has 2 aromatic carbocycles. The summed E-state index contributed by atoms with van der Waals surface area (Å²) >= 11 is 14.4. The van der Waals surface area contributed by atoms with Crippen LogP contribution < -0.4 is 5.19 Å². The summed E-state index contributed by atoms with van der Waals surface area (Å²) < 4.78 is 1.01. The minimum absolute atomic E-state index is 0.200. The zero-order chi connectivity index (χ0) is 24.6. The van der Waals surface area contributed by atoms with Gasteiger partial charge >= 0.3 is 0 Å². The van der Waals surface area contributed by atoms with Gasteiger partial charge in [0.1, 0.15) is 11.4 Å². The van der Waals surface area contributed by atoms with Gasteiger partial charge in [0.25, 0.3) is 0 Å². The third-order valence-corrected chi connectivity index (χ3v) is 8.60. The molecule has 0 bridgehead atoms. The van der Waals surface area contributed by atoms with E-state index in [1.807, 2.05) is 18.4 Å². The van der Waals surface area contributed by atoms with Gasteiger partial charge in [-0.05, 0) is 29.6 Å². The van der Waals surface area contributed by atoms with Crippen molar-refractivity contribution in [2.24, 2.45) is 0 Å². The molecule has 0 aliphatic carbocycles. The van der Waals surface area contributed by atoms with E-state index in [0.29, 0.717) is 43.4 Å². The topological polar surface area (TPSA) is 63.8 Å². The van der Waals surface area contributed by atoms with Crippen LogP contribution >= 0.6 is 35.0 Å². The van der Waals surface area contributed by atoms with E-state index in [-0.39, 0.29) is 5.82 Å². The number of rotatable bonds is 5. The van der Waals surface area contributed by atoms with Gasteiger partial charge in [0.2, 0.25) is 0 Å². The second kappa shape index (κ2) is 9.47. The number of thioether (sulfide) groups is 1. The molecule has 0 saturated carbocycles. The van der Waals surface area contributed by atoms with Crippen molar-refractivity contribution < 1.29 is 5.21 Å². The van der Waals surface area contributed by atoms with Gasteiger partial charge in [-0.1, -0.05) is 84.8 Å². The van der Waals surface area contributed by atoms with Crippen LogP contribution in [-0.2, 0) is 0 Å². The highest BCUT2D eigenvalue weighted by Gasteiger charge is 2.28. The maximum atomic E-state index is 11.5. The number of hydrogen-bond acceptors (Lipinski definition) is 5. The molecule has 0 amide bonds. The molecular formula is C25H22Cl2N4OSSi. The first-order valence-electron chi connectivity index (χ1n) is 10.4. The first-order valence-corrected chi connectivity index (χ1v) is 15.9. The van der Waals surface area contributed by atoms with Crippen molar-refractivity contribution in [1.82, 2.24) is 19.7 Å². The lowest BCUT2D eigenvalue weighted by atomic mass is 10.0. The van der Waals surface area contributed by atoms with Crippen molar-refractivity contribution in [3.8, 4) is 46.4 Å². The number of benzene rings is 2. The smallest absolute Gasteiger partial charge is 0.187 e. The molecule has 34 heavy (non-hydrogen) atoms. The van der Waals surface area contributed by atoms with Crippen LogP contribution in [0, 0.1) is 12.3 Å². The highest BCUT2D eigenvalue weighted by Crippen LogP contribution is 2.40. The molecule has 0 atom stereocenters. The van der Waals surface area contributed by atoms with Crippen LogP contribution in [0.1, 0.15) is 5.56 Å². The summed E-state index contributed by atoms with van der Waals surface area (Å²) in [5, 5.41) is 13.9. The van der Waals surface area contributed by atoms with Gasteiger partial charge in [0.05, 0.1) is 29.4 Å². The summed E-state index contributed by atoms with van der Waals surface area (Å²) in [6.45, 7) is 6.69. The normalized spacial score (nSPS) is 11.4. The van der Waals surface area contributed by atoms with Crippen LogP contribution in [0.25, 0.3) is 34.0 Å². The van der Waals surface area contributed by atoms with Crippen molar-refractivity contribution in [2.75, 3.05) is 6.26 Å². The molecule has 172 valence electrons. The Bertz CT molecular complexity index is 1420. The zero-order valence-corrected chi connectivity index (χ0v) is 22.4. The quantitative estimate of drug-likeness (QED) is 0.106. The van der Waals surface area contributed by atoms with Crippen molar-refractivity contribution in [3.05, 3.63) is 64.3 Å². The van der Waals surface area contributed by atoms with Crippen molar-refractivity contribution in [2.45, 2.75) is 24.8 Å². The lowest BCUT2D eigenvalue weighted by Gasteiger charge is -2.21. The molecule has 0 aliphatic rings. The molecular weight excluding hydrogens is 503 g/mol. The number of halogens is 2. The van der Waals surface area contributed by atoms with Crippen molar-refractivity contribution in [3.63, 3.8) is 0 Å². The van der Waals surface area contributed by atoms with Gasteiger partial charge < -0.3 is 5.21 Å². The molecule has 0 fully saturated rings. The Balaban J connectivity index is 2.11. The molecule has 0 radical (unpaired) electrons. The van der Waals surface area contributed by atoms with Gasteiger partial charge in [-0.15, -0.1) is 6.42 Å². The van der Waals surface area contributed by atoms with Crippen LogP contribution in [0.3, 0.4) is 0 Å². The first kappa shape index (κ1) is 24.4. The zero-order valence-electron chi connectivity index (χ0n) is 19.1. The molecule has 0 saturated heterocycles. The Hall–Kier alpha value is -2.76. The van der Waals surface area contributed by atoms with Crippen LogP contribution in [0.15, 0.2) is 53.8 Å². The third-order valence-electron chi connectivity index (χ3n) is 5.37. The fourth-order valence-corrected chi connectivity index (χ4v) is 6.28. The summed E-state index contributed by atoms with van der Waals surface area (Å²) in [5.41, 5.74) is 3.26. The van der Waals surface area contributed by atoms with E-state index in [0.717, 1.165) is 15.5 Å². The van der Waals surface area contributed by atoms with Gasteiger partial charge in [-0.3, -0.25) is 0 Å². The van der Waals surface area contributed by atoms with Crippen molar-refractivity contribution in [1.29, 1.82) is 0 Å². The number of nitrogens with zero attached hydrogens (tertiary/aromatic N) is 4. The van der Waals surface area contributed by atoms with Crippen LogP contribution in [0.2, 0.25) is 29.7 Å². The molecule has 4 rings (SSSR count). The summed E-state index contributed by atoms with van der Waals surface area (Å²) in [5.74, 6) is 3.06. The lowest BCUT2D eigenvalue weighted by Crippen LogP contribution is -2.39. The second-order valence-electron chi connectivity index (χ2n) is 8.59. The first-order chi connectivity index (χ1) is 16.2. The van der Waals surface area contributed by atoms with Gasteiger partial charge in [-0.2, -0.15) is 4.73 Å². The average Bonchev–Trinajstić information content (AvgIpc) is 3.14. The van der Waals surface area contributed by atoms with Crippen LogP contribution in [0.5, 0.6) is 0 Å². The predicted octanol–water partition coefficient (Wildman–Crippen LogP) is 6.47. The molecule has 0 unspecified atom stereocenters. The Morgan fingerprint density at radius 3 is 2.32 bits per heavy atom. The standard InChI is InChI=1S/C25H22Cl2N4OSSi/c1-6-15-16(9-7-12-20(15)34(3,4)5)23-22(19-13-14-28-25(29-19)33-2)30-24(31(23)32)21-17(26)10-8-11-18(21)27/h1,7-14,32H,2-5H3. The Labute approximate surface area is 214 Å². The number of imidazole rings is 1. The molecule has 2 heterocycles. The monoisotopic (exact) mass is 524 g/mol. The van der Waals surface area contributed by atoms with E-state index >= 15 is 0 Å². The largest absolute Gasteiger partial charge is 0.426 e. The Morgan fingerprint density at radius 2 is 1.71 bits per heavy atom. The Morgan fingerprint density at radius 1 is 1.03 bits per heavy atom. The summed E-state index contributed by atoms with van der Waals surface area (Å²) in [6.07, 6.45) is 9.59. The minimum atomic E-state index is -1.79. The highest BCUT2D eigenvalue weighted by atomic mass is 35.5. The number of terminal acetylenes is 1. The predicted molar refractivity (Wildman–Crippen MR) is 144 cm³/mol. The molecule has 0 spiro atoms. The second-order valence-corrected chi connectivity index (χ2v) is 15.2. The van der Waals surface area contributed by atoms with Crippen LogP contribution in [-0.4, -0.2) is 39.2 Å². The van der Waals surface area contributed by atoms with E-state index in [1.165, 1.54) is 11.8 Å². The van der Waals surface area contributed by atoms with Gasteiger partial charge in [0, 0.05) is 17.3 Å². The van der Waals surface area contributed by atoms with E-state index in [4.69, 9.17) is 34.6 Å². The van der Waals surface area contributed by atoms with E-state index in [1.54, 1.807) is 30.5 Å². The number of aromatic nitrogens is 4. The van der Waals surface area contributed by atoms with E-state index in [2.05, 4.69) is 41.6 Å². The molecule has 0 aliphatic heterocycles. The molecule has 4 aromatic rings. The van der Waals surface area contributed by atoms with Crippen molar-refractivity contribution >= 4 is 48.2 Å². The Kier molecular flexibility index (Phi) is 6.79. The summed E-state index contributed by atoms with van der Waals surface area (Å²) in [7, 11) is -1.79. The average molecular weight is 526 g/mol. The molecule has 1 N–H and O–H groups in total. The maximum Gasteiger partial charge on any atom is 0.187 e. The molecule has 9 heteroatoms. The van der Waals surface area contributed by atoms with Crippen LogP contribution in [0.4, 0.5) is 0 Å². The minimum Gasteiger partial charge on any atom is -0.426 e. The van der Waals surface area contributed by atoms with Gasteiger partial charge in [-0.25, -0.2) is 15.0 Å². The molecule has 2 aromatic heterocycles. The van der Waals surface area contributed by atoms with Gasteiger partial charge in [0.15, 0.2) is 11.0 Å². The SMILES string of the molecule is C#Cc1c(-c2c(-c3ccnc(SC)n3)nc(-c3c(Cl)cccc3Cl)n2O)cccc1[Si](C)(C)C. The summed E-state index contributed by atoms with van der Waals surface area (Å²) in [4.78, 5) is 13.7. The molecule has 5 nitrogen and oxygen atoms in total. The highest BCUT2D eigenvalue weighted by molar-refractivity contribution is 7.98. The fourth-order valence-electron chi connectivity index (χ4n) is 3.81. The van der Waals surface area contributed by atoms with E-state index in [9.17, 15) is 5.21 Å². The summed E-state index contributed by atoms with van der Waals surface area (Å²) in [6, 6.07) is 12.8. The fraction of sp³-hybridized carbons (Fsp3) is 0.160.